The van der Waals surface area contributed by atoms with Crippen LogP contribution in [-0.2, 0) is 16.6 Å². The lowest BCUT2D eigenvalue weighted by Crippen LogP contribution is -2.37. The molecular formula is C20H33N3O2. The number of carbonyl (C=O) groups is 1. The zero-order valence-electron chi connectivity index (χ0n) is 15.9. The van der Waals surface area contributed by atoms with E-state index in [0.29, 0.717) is 18.2 Å². The maximum atomic E-state index is 12.8. The topological polar surface area (TPSA) is 47.4 Å². The van der Waals surface area contributed by atoms with Crippen LogP contribution in [0.2, 0.25) is 0 Å². The van der Waals surface area contributed by atoms with Crippen LogP contribution in [0.15, 0.2) is 12.4 Å². The molecule has 1 atom stereocenters. The molecule has 3 heterocycles. The molecule has 140 valence electrons. The number of aromatic nitrogens is 2. The first kappa shape index (κ1) is 18.4. The maximum Gasteiger partial charge on any atom is 0.222 e. The molecule has 2 aliphatic rings. The highest BCUT2D eigenvalue weighted by atomic mass is 16.5. The van der Waals surface area contributed by atoms with E-state index < -0.39 is 0 Å². The van der Waals surface area contributed by atoms with E-state index in [2.05, 4.69) is 23.1 Å². The van der Waals surface area contributed by atoms with E-state index >= 15 is 0 Å². The van der Waals surface area contributed by atoms with Crippen molar-refractivity contribution in [3.8, 4) is 0 Å². The Hall–Kier alpha value is -1.36. The molecule has 1 unspecified atom stereocenters. The van der Waals surface area contributed by atoms with Crippen molar-refractivity contribution in [3.63, 3.8) is 0 Å². The molecule has 2 aliphatic heterocycles. The summed E-state index contributed by atoms with van der Waals surface area (Å²) in [5.74, 6) is 0.739. The number of ether oxygens (including phenoxy) is 1. The van der Waals surface area contributed by atoms with Crippen LogP contribution < -0.4 is 0 Å². The number of unbranched alkanes of at least 4 members (excludes halogenated alkanes) is 4. The normalized spacial score (nSPS) is 22.6. The minimum atomic E-state index is 0.180. The molecular weight excluding hydrogens is 314 g/mol. The first-order chi connectivity index (χ1) is 12.1. The smallest absolute Gasteiger partial charge is 0.222 e. The third-order valence-electron chi connectivity index (χ3n) is 6.11. The molecule has 1 amide bonds. The monoisotopic (exact) mass is 347 g/mol. The van der Waals surface area contributed by atoms with Crippen LogP contribution in [0, 0.1) is 5.41 Å². The molecule has 5 nitrogen and oxygen atoms in total. The standard InChI is InChI=1S/C20H33N3O2/c1-3-4-5-6-7-8-19(24)23-15-18(17-13-21-22(2)14-17)20(16-23)9-11-25-12-10-20/h13-14,18H,3-12,15-16H2,1-2H3. The zero-order valence-corrected chi connectivity index (χ0v) is 15.9. The molecule has 0 bridgehead atoms. The summed E-state index contributed by atoms with van der Waals surface area (Å²) in [7, 11) is 1.97. The third-order valence-corrected chi connectivity index (χ3v) is 6.11. The van der Waals surface area contributed by atoms with Crippen molar-refractivity contribution in [2.45, 2.75) is 64.2 Å². The molecule has 0 N–H and O–H groups in total. The summed E-state index contributed by atoms with van der Waals surface area (Å²) in [6.45, 7) is 5.59. The fourth-order valence-corrected chi connectivity index (χ4v) is 4.56. The van der Waals surface area contributed by atoms with Gasteiger partial charge in [-0.3, -0.25) is 9.48 Å². The van der Waals surface area contributed by atoms with Gasteiger partial charge in [-0.2, -0.15) is 5.10 Å². The predicted octanol–water partition coefficient (Wildman–Crippen LogP) is 3.50. The minimum Gasteiger partial charge on any atom is -0.381 e. The lowest BCUT2D eigenvalue weighted by atomic mass is 9.70. The lowest BCUT2D eigenvalue weighted by Gasteiger charge is -2.37. The second-order valence-electron chi connectivity index (χ2n) is 7.91. The quantitative estimate of drug-likeness (QED) is 0.709. The van der Waals surface area contributed by atoms with Gasteiger partial charge in [0.05, 0.1) is 6.20 Å². The van der Waals surface area contributed by atoms with Gasteiger partial charge in [-0.05, 0) is 24.8 Å². The van der Waals surface area contributed by atoms with Crippen molar-refractivity contribution in [1.29, 1.82) is 0 Å². The molecule has 0 saturated carbocycles. The second-order valence-corrected chi connectivity index (χ2v) is 7.91. The summed E-state index contributed by atoms with van der Waals surface area (Å²) in [6, 6.07) is 0. The number of carbonyl (C=O) groups excluding carboxylic acids is 1. The van der Waals surface area contributed by atoms with Crippen LogP contribution in [0.1, 0.15) is 69.8 Å². The average Bonchev–Trinajstić information content (AvgIpc) is 3.19. The van der Waals surface area contributed by atoms with E-state index in [1.165, 1.54) is 31.2 Å². The van der Waals surface area contributed by atoms with Gasteiger partial charge in [-0.25, -0.2) is 0 Å². The van der Waals surface area contributed by atoms with Crippen LogP contribution in [0.25, 0.3) is 0 Å². The molecule has 3 rings (SSSR count). The number of hydrogen-bond donors (Lipinski definition) is 0. The number of nitrogens with zero attached hydrogens (tertiary/aromatic N) is 3. The first-order valence-electron chi connectivity index (χ1n) is 9.99. The molecule has 2 saturated heterocycles. The molecule has 1 aromatic heterocycles. The Kier molecular flexibility index (Phi) is 6.15. The fraction of sp³-hybridized carbons (Fsp3) is 0.800. The predicted molar refractivity (Wildman–Crippen MR) is 98.4 cm³/mol. The van der Waals surface area contributed by atoms with Crippen LogP contribution in [0.5, 0.6) is 0 Å². The van der Waals surface area contributed by atoms with E-state index in [-0.39, 0.29) is 5.41 Å². The number of hydrogen-bond acceptors (Lipinski definition) is 3. The Labute approximate surface area is 151 Å². The molecule has 0 aliphatic carbocycles. The Morgan fingerprint density at radius 2 is 2.04 bits per heavy atom. The Bertz CT molecular complexity index is 563. The van der Waals surface area contributed by atoms with E-state index in [4.69, 9.17) is 4.74 Å². The van der Waals surface area contributed by atoms with Gasteiger partial charge in [0.2, 0.25) is 5.91 Å². The summed E-state index contributed by atoms with van der Waals surface area (Å²) < 4.78 is 7.50. The third kappa shape index (κ3) is 4.25. The summed E-state index contributed by atoms with van der Waals surface area (Å²) in [4.78, 5) is 14.9. The molecule has 5 heteroatoms. The Morgan fingerprint density at radius 1 is 1.28 bits per heavy atom. The first-order valence-corrected chi connectivity index (χ1v) is 9.99. The van der Waals surface area contributed by atoms with Gasteiger partial charge in [0.25, 0.3) is 0 Å². The zero-order chi connectivity index (χ0) is 17.7. The van der Waals surface area contributed by atoms with Crippen molar-refractivity contribution in [2.75, 3.05) is 26.3 Å². The van der Waals surface area contributed by atoms with Gasteiger partial charge in [-0.1, -0.05) is 32.6 Å². The molecule has 0 aromatic carbocycles. The summed E-state index contributed by atoms with van der Waals surface area (Å²) in [5, 5.41) is 4.37. The fourth-order valence-electron chi connectivity index (χ4n) is 4.56. The van der Waals surface area contributed by atoms with Gasteiger partial charge < -0.3 is 9.64 Å². The van der Waals surface area contributed by atoms with Crippen molar-refractivity contribution in [3.05, 3.63) is 18.0 Å². The van der Waals surface area contributed by atoms with Crippen molar-refractivity contribution < 1.29 is 9.53 Å². The van der Waals surface area contributed by atoms with E-state index in [1.807, 2.05) is 17.9 Å². The van der Waals surface area contributed by atoms with Crippen molar-refractivity contribution in [1.82, 2.24) is 14.7 Å². The van der Waals surface area contributed by atoms with Crippen LogP contribution in [0.4, 0.5) is 0 Å². The summed E-state index contributed by atoms with van der Waals surface area (Å²) in [5.41, 5.74) is 1.46. The van der Waals surface area contributed by atoms with Crippen LogP contribution in [-0.4, -0.2) is 46.9 Å². The second kappa shape index (κ2) is 8.35. The van der Waals surface area contributed by atoms with Crippen LogP contribution >= 0.6 is 0 Å². The van der Waals surface area contributed by atoms with Crippen LogP contribution in [0.3, 0.4) is 0 Å². The maximum absolute atomic E-state index is 12.8. The van der Waals surface area contributed by atoms with Gasteiger partial charge in [0.1, 0.15) is 0 Å². The van der Waals surface area contributed by atoms with Gasteiger partial charge in [-0.15, -0.1) is 0 Å². The minimum absolute atomic E-state index is 0.180. The number of amides is 1. The Balaban J connectivity index is 1.63. The van der Waals surface area contributed by atoms with Crippen molar-refractivity contribution in [2.24, 2.45) is 12.5 Å². The highest BCUT2D eigenvalue weighted by Gasteiger charge is 2.49. The van der Waals surface area contributed by atoms with E-state index in [1.54, 1.807) is 0 Å². The summed E-state index contributed by atoms with van der Waals surface area (Å²) >= 11 is 0. The SMILES string of the molecule is CCCCCCCC(=O)N1CC(c2cnn(C)c2)C2(CCOCC2)C1. The molecule has 25 heavy (non-hydrogen) atoms. The van der Waals surface area contributed by atoms with E-state index in [0.717, 1.165) is 45.6 Å². The number of aryl methyl sites for hydroxylation is 1. The van der Waals surface area contributed by atoms with Gasteiger partial charge in [0, 0.05) is 57.3 Å². The molecule has 2 fully saturated rings. The summed E-state index contributed by atoms with van der Waals surface area (Å²) in [6.07, 6.45) is 12.9. The number of rotatable bonds is 7. The van der Waals surface area contributed by atoms with Crippen molar-refractivity contribution >= 4 is 5.91 Å². The molecule has 0 radical (unpaired) electrons. The van der Waals surface area contributed by atoms with Gasteiger partial charge in [0.15, 0.2) is 0 Å². The molecule has 1 spiro atoms. The lowest BCUT2D eigenvalue weighted by molar-refractivity contribution is -0.131. The average molecular weight is 348 g/mol. The highest BCUT2D eigenvalue weighted by molar-refractivity contribution is 5.76. The highest BCUT2D eigenvalue weighted by Crippen LogP contribution is 2.49. The van der Waals surface area contributed by atoms with Gasteiger partial charge >= 0.3 is 0 Å². The molecule has 1 aromatic rings. The Morgan fingerprint density at radius 3 is 2.72 bits per heavy atom. The largest absolute Gasteiger partial charge is 0.381 e. The van der Waals surface area contributed by atoms with E-state index in [9.17, 15) is 4.79 Å². The number of likely N-dealkylation sites (tertiary alicyclic amines) is 1.